The standard InChI is InChI=1S/C13H15ClN4O/c1-9-2-4-10(5-3-9)19-7-6-16-13-11(15)12(14)17-8-18-13/h2-5,8H,6-7,15H2,1H3,(H,16,17,18). The Hall–Kier alpha value is -2.01. The van der Waals surface area contributed by atoms with Gasteiger partial charge in [-0.2, -0.15) is 0 Å². The summed E-state index contributed by atoms with van der Waals surface area (Å²) in [5.74, 6) is 1.36. The molecular weight excluding hydrogens is 264 g/mol. The van der Waals surface area contributed by atoms with E-state index < -0.39 is 0 Å². The van der Waals surface area contributed by atoms with Gasteiger partial charge in [0, 0.05) is 0 Å². The lowest BCUT2D eigenvalue weighted by Gasteiger charge is -2.10. The van der Waals surface area contributed by atoms with Gasteiger partial charge in [0.15, 0.2) is 11.0 Å². The molecule has 2 aromatic rings. The molecule has 2 rings (SSSR count). The van der Waals surface area contributed by atoms with Gasteiger partial charge in [-0.25, -0.2) is 9.97 Å². The fraction of sp³-hybridized carbons (Fsp3) is 0.231. The second-order valence-electron chi connectivity index (χ2n) is 4.02. The number of anilines is 2. The number of aromatic nitrogens is 2. The molecule has 0 bridgehead atoms. The highest BCUT2D eigenvalue weighted by atomic mass is 35.5. The summed E-state index contributed by atoms with van der Waals surface area (Å²) >= 11 is 5.79. The molecule has 6 heteroatoms. The van der Waals surface area contributed by atoms with Crippen molar-refractivity contribution in [2.24, 2.45) is 0 Å². The van der Waals surface area contributed by atoms with Crippen molar-refractivity contribution in [2.75, 3.05) is 24.2 Å². The largest absolute Gasteiger partial charge is 0.492 e. The molecule has 1 aromatic carbocycles. The summed E-state index contributed by atoms with van der Waals surface area (Å²) in [6.07, 6.45) is 1.36. The number of aryl methyl sites for hydroxylation is 1. The van der Waals surface area contributed by atoms with Crippen molar-refractivity contribution in [3.8, 4) is 5.75 Å². The Labute approximate surface area is 116 Å². The topological polar surface area (TPSA) is 73.1 Å². The maximum Gasteiger partial charge on any atom is 0.157 e. The smallest absolute Gasteiger partial charge is 0.157 e. The van der Waals surface area contributed by atoms with Crippen LogP contribution in [0.1, 0.15) is 5.56 Å². The third kappa shape index (κ3) is 3.72. The van der Waals surface area contributed by atoms with Crippen LogP contribution in [0.4, 0.5) is 11.5 Å². The van der Waals surface area contributed by atoms with Crippen molar-refractivity contribution in [3.63, 3.8) is 0 Å². The number of ether oxygens (including phenoxy) is 1. The van der Waals surface area contributed by atoms with Crippen LogP contribution in [0.2, 0.25) is 5.15 Å². The number of benzene rings is 1. The monoisotopic (exact) mass is 278 g/mol. The van der Waals surface area contributed by atoms with E-state index in [9.17, 15) is 0 Å². The van der Waals surface area contributed by atoms with Gasteiger partial charge in [0.2, 0.25) is 0 Å². The number of hydrogen-bond donors (Lipinski definition) is 2. The Morgan fingerprint density at radius 3 is 2.74 bits per heavy atom. The van der Waals surface area contributed by atoms with Gasteiger partial charge < -0.3 is 15.8 Å². The van der Waals surface area contributed by atoms with Crippen LogP contribution >= 0.6 is 11.6 Å². The van der Waals surface area contributed by atoms with Crippen molar-refractivity contribution in [1.82, 2.24) is 9.97 Å². The van der Waals surface area contributed by atoms with E-state index in [0.29, 0.717) is 24.7 Å². The molecule has 0 amide bonds. The van der Waals surface area contributed by atoms with Crippen molar-refractivity contribution < 1.29 is 4.74 Å². The molecule has 0 spiro atoms. The lowest BCUT2D eigenvalue weighted by atomic mass is 10.2. The van der Waals surface area contributed by atoms with E-state index in [1.807, 2.05) is 31.2 Å². The summed E-state index contributed by atoms with van der Waals surface area (Å²) in [5, 5.41) is 3.30. The van der Waals surface area contributed by atoms with Gasteiger partial charge in [-0.3, -0.25) is 0 Å². The van der Waals surface area contributed by atoms with E-state index in [4.69, 9.17) is 22.1 Å². The number of hydrogen-bond acceptors (Lipinski definition) is 5. The first-order valence-corrected chi connectivity index (χ1v) is 6.24. The number of nitrogens with zero attached hydrogens (tertiary/aromatic N) is 2. The van der Waals surface area contributed by atoms with Gasteiger partial charge in [0.1, 0.15) is 24.4 Å². The summed E-state index contributed by atoms with van der Waals surface area (Å²) in [5.41, 5.74) is 7.28. The number of halogens is 1. The number of rotatable bonds is 5. The lowest BCUT2D eigenvalue weighted by Crippen LogP contribution is -2.13. The molecule has 0 fully saturated rings. The van der Waals surface area contributed by atoms with Crippen LogP contribution in [0.5, 0.6) is 5.75 Å². The van der Waals surface area contributed by atoms with E-state index in [0.717, 1.165) is 5.75 Å². The van der Waals surface area contributed by atoms with Crippen LogP contribution in [-0.2, 0) is 0 Å². The first-order valence-electron chi connectivity index (χ1n) is 5.86. The number of nitrogens with two attached hydrogens (primary N) is 1. The van der Waals surface area contributed by atoms with Crippen LogP contribution < -0.4 is 15.8 Å². The van der Waals surface area contributed by atoms with E-state index in [2.05, 4.69) is 15.3 Å². The maximum atomic E-state index is 5.79. The van der Waals surface area contributed by atoms with Crippen LogP contribution in [0.25, 0.3) is 0 Å². The van der Waals surface area contributed by atoms with Gasteiger partial charge in [0.25, 0.3) is 0 Å². The van der Waals surface area contributed by atoms with Crippen molar-refractivity contribution in [1.29, 1.82) is 0 Å². The normalized spacial score (nSPS) is 10.2. The molecule has 3 N–H and O–H groups in total. The van der Waals surface area contributed by atoms with Gasteiger partial charge in [-0.1, -0.05) is 29.3 Å². The fourth-order valence-electron chi connectivity index (χ4n) is 1.49. The third-order valence-electron chi connectivity index (χ3n) is 2.52. The molecule has 0 unspecified atom stereocenters. The lowest BCUT2D eigenvalue weighted by molar-refractivity contribution is 0.332. The fourth-order valence-corrected chi connectivity index (χ4v) is 1.62. The minimum Gasteiger partial charge on any atom is -0.492 e. The van der Waals surface area contributed by atoms with Gasteiger partial charge in [-0.15, -0.1) is 0 Å². The van der Waals surface area contributed by atoms with Crippen molar-refractivity contribution in [3.05, 3.63) is 41.3 Å². The predicted molar refractivity (Wildman–Crippen MR) is 76.6 cm³/mol. The Morgan fingerprint density at radius 2 is 2.00 bits per heavy atom. The maximum absolute atomic E-state index is 5.79. The van der Waals surface area contributed by atoms with E-state index >= 15 is 0 Å². The van der Waals surface area contributed by atoms with E-state index in [1.165, 1.54) is 11.9 Å². The Morgan fingerprint density at radius 1 is 1.26 bits per heavy atom. The molecular formula is C13H15ClN4O. The highest BCUT2D eigenvalue weighted by Gasteiger charge is 2.04. The number of nitrogens with one attached hydrogen (secondary N) is 1. The molecule has 0 aliphatic heterocycles. The molecule has 0 radical (unpaired) electrons. The number of nitrogen functional groups attached to an aromatic ring is 1. The summed E-state index contributed by atoms with van der Waals surface area (Å²) in [6.45, 7) is 3.11. The van der Waals surface area contributed by atoms with Gasteiger partial charge in [-0.05, 0) is 19.1 Å². The second-order valence-corrected chi connectivity index (χ2v) is 4.37. The summed E-state index contributed by atoms with van der Waals surface area (Å²) < 4.78 is 5.57. The average Bonchev–Trinajstić information content (AvgIpc) is 2.41. The van der Waals surface area contributed by atoms with Crippen LogP contribution in [0.15, 0.2) is 30.6 Å². The van der Waals surface area contributed by atoms with Crippen molar-refractivity contribution >= 4 is 23.1 Å². The summed E-state index contributed by atoms with van der Waals surface area (Å²) in [6, 6.07) is 7.88. The Bertz CT molecular complexity index is 545. The zero-order chi connectivity index (χ0) is 13.7. The molecule has 1 aromatic heterocycles. The Balaban J connectivity index is 1.81. The van der Waals surface area contributed by atoms with Crippen LogP contribution in [0, 0.1) is 6.92 Å². The molecule has 0 saturated carbocycles. The first-order chi connectivity index (χ1) is 9.16. The third-order valence-corrected chi connectivity index (χ3v) is 2.82. The molecule has 0 saturated heterocycles. The van der Waals surface area contributed by atoms with Gasteiger partial charge in [0.05, 0.1) is 6.54 Å². The van der Waals surface area contributed by atoms with Crippen molar-refractivity contribution in [2.45, 2.75) is 6.92 Å². The van der Waals surface area contributed by atoms with E-state index in [-0.39, 0.29) is 5.15 Å². The van der Waals surface area contributed by atoms with Gasteiger partial charge >= 0.3 is 0 Å². The Kier molecular flexibility index (Phi) is 4.41. The molecule has 1 heterocycles. The van der Waals surface area contributed by atoms with Crippen LogP contribution in [0.3, 0.4) is 0 Å². The second kappa shape index (κ2) is 6.24. The van der Waals surface area contributed by atoms with E-state index in [1.54, 1.807) is 0 Å². The predicted octanol–water partition coefficient (Wildman–Crippen LogP) is 2.51. The molecule has 0 atom stereocenters. The minimum atomic E-state index is 0.247. The summed E-state index contributed by atoms with van der Waals surface area (Å²) in [7, 11) is 0. The average molecular weight is 279 g/mol. The summed E-state index contributed by atoms with van der Waals surface area (Å²) in [4.78, 5) is 7.79. The first kappa shape index (κ1) is 13.4. The highest BCUT2D eigenvalue weighted by molar-refractivity contribution is 6.32. The SMILES string of the molecule is Cc1ccc(OCCNc2ncnc(Cl)c2N)cc1. The molecule has 0 aliphatic rings. The molecule has 100 valence electrons. The zero-order valence-electron chi connectivity index (χ0n) is 10.6. The quantitative estimate of drug-likeness (QED) is 0.649. The zero-order valence-corrected chi connectivity index (χ0v) is 11.3. The molecule has 0 aliphatic carbocycles. The molecule has 5 nitrogen and oxygen atoms in total. The highest BCUT2D eigenvalue weighted by Crippen LogP contribution is 2.21. The van der Waals surface area contributed by atoms with Crippen LogP contribution in [-0.4, -0.2) is 23.1 Å². The molecule has 19 heavy (non-hydrogen) atoms. The minimum absolute atomic E-state index is 0.247.